The molecule has 1 unspecified atom stereocenters. The summed E-state index contributed by atoms with van der Waals surface area (Å²) in [7, 11) is 0. The van der Waals surface area contributed by atoms with E-state index in [0.717, 1.165) is 18.2 Å². The van der Waals surface area contributed by atoms with Crippen LogP contribution < -0.4 is 0 Å². The van der Waals surface area contributed by atoms with Crippen molar-refractivity contribution in [2.24, 2.45) is 0 Å². The fraction of sp³-hybridized carbons (Fsp3) is 0.0769. The first kappa shape index (κ1) is 14.9. The van der Waals surface area contributed by atoms with Crippen LogP contribution in [0.5, 0.6) is 0 Å². The summed E-state index contributed by atoms with van der Waals surface area (Å²) in [6.07, 6.45) is -2.10. The number of halogens is 6. The zero-order valence-corrected chi connectivity index (χ0v) is 11.2. The first-order chi connectivity index (χ1) is 9.32. The van der Waals surface area contributed by atoms with Crippen molar-refractivity contribution in [2.45, 2.75) is 6.10 Å². The Morgan fingerprint density at radius 3 is 1.95 bits per heavy atom. The molecule has 7 heteroatoms. The molecule has 0 aliphatic carbocycles. The average molecular weight is 353 g/mol. The van der Waals surface area contributed by atoms with E-state index in [-0.39, 0.29) is 4.47 Å². The third-order valence-corrected chi connectivity index (χ3v) is 3.13. The Morgan fingerprint density at radius 1 is 0.850 bits per heavy atom. The molecule has 0 amide bonds. The van der Waals surface area contributed by atoms with Gasteiger partial charge in [0, 0.05) is 10.0 Å². The molecule has 0 saturated heterocycles. The van der Waals surface area contributed by atoms with Gasteiger partial charge in [0.25, 0.3) is 0 Å². The van der Waals surface area contributed by atoms with Gasteiger partial charge < -0.3 is 5.11 Å². The molecular formula is C13H6BrF5O. The van der Waals surface area contributed by atoms with Gasteiger partial charge >= 0.3 is 0 Å². The maximum Gasteiger partial charge on any atom is 0.194 e. The molecule has 0 aliphatic heterocycles. The Hall–Kier alpha value is -1.47. The number of hydrogen-bond acceptors (Lipinski definition) is 1. The Bertz CT molecular complexity index is 651. The van der Waals surface area contributed by atoms with E-state index in [4.69, 9.17) is 0 Å². The van der Waals surface area contributed by atoms with Crippen molar-refractivity contribution < 1.29 is 27.1 Å². The van der Waals surface area contributed by atoms with E-state index in [0.29, 0.717) is 6.07 Å². The molecule has 2 aromatic rings. The van der Waals surface area contributed by atoms with E-state index >= 15 is 0 Å². The predicted octanol–water partition coefficient (Wildman–Crippen LogP) is 4.23. The van der Waals surface area contributed by atoms with Crippen LogP contribution in [0.25, 0.3) is 0 Å². The number of benzene rings is 2. The second kappa shape index (κ2) is 5.49. The highest BCUT2D eigenvalue weighted by atomic mass is 79.9. The van der Waals surface area contributed by atoms with Crippen molar-refractivity contribution >= 4 is 15.9 Å². The minimum absolute atomic E-state index is 0.0780. The average Bonchev–Trinajstić information content (AvgIpc) is 2.34. The molecule has 0 aromatic heterocycles. The third-order valence-electron chi connectivity index (χ3n) is 2.68. The lowest BCUT2D eigenvalue weighted by molar-refractivity contribution is 0.202. The van der Waals surface area contributed by atoms with E-state index in [2.05, 4.69) is 15.9 Å². The molecule has 0 fully saturated rings. The van der Waals surface area contributed by atoms with Crippen LogP contribution in [-0.4, -0.2) is 5.11 Å². The van der Waals surface area contributed by atoms with Crippen molar-refractivity contribution in [3.05, 3.63) is 69.0 Å². The van der Waals surface area contributed by atoms with Gasteiger partial charge in [0.2, 0.25) is 0 Å². The lowest BCUT2D eigenvalue weighted by atomic mass is 9.99. The maximum atomic E-state index is 13.6. The molecule has 0 bridgehead atoms. The van der Waals surface area contributed by atoms with Crippen LogP contribution in [0, 0.1) is 29.1 Å². The van der Waals surface area contributed by atoms with E-state index in [1.165, 1.54) is 0 Å². The normalized spacial score (nSPS) is 12.6. The van der Waals surface area contributed by atoms with Crippen LogP contribution in [0.3, 0.4) is 0 Å². The van der Waals surface area contributed by atoms with E-state index in [1.807, 2.05) is 0 Å². The molecule has 0 spiro atoms. The van der Waals surface area contributed by atoms with Gasteiger partial charge in [0.05, 0.1) is 5.56 Å². The summed E-state index contributed by atoms with van der Waals surface area (Å²) in [5.41, 5.74) is -1.61. The Labute approximate surface area is 118 Å². The van der Waals surface area contributed by atoms with E-state index in [9.17, 15) is 27.1 Å². The first-order valence-corrected chi connectivity index (χ1v) is 6.08. The molecule has 2 aromatic carbocycles. The first-order valence-electron chi connectivity index (χ1n) is 5.28. The molecule has 0 heterocycles. The van der Waals surface area contributed by atoms with E-state index in [1.54, 1.807) is 0 Å². The molecule has 0 saturated carbocycles. The zero-order valence-electron chi connectivity index (χ0n) is 9.60. The highest BCUT2D eigenvalue weighted by molar-refractivity contribution is 9.10. The standard InChI is InChI=1S/C13H6BrF5O/c14-5-3-8(16)10(9(17)4-5)13(20)6-1-2-7(15)12(19)11(6)18/h1-4,13,20H. The molecule has 0 radical (unpaired) electrons. The number of aliphatic hydroxyl groups excluding tert-OH is 1. The Balaban J connectivity index is 2.58. The Morgan fingerprint density at radius 2 is 1.40 bits per heavy atom. The van der Waals surface area contributed by atoms with Crippen LogP contribution in [0.15, 0.2) is 28.7 Å². The molecule has 1 atom stereocenters. The van der Waals surface area contributed by atoms with Gasteiger partial charge in [-0.1, -0.05) is 22.0 Å². The maximum absolute atomic E-state index is 13.6. The minimum Gasteiger partial charge on any atom is -0.383 e. The van der Waals surface area contributed by atoms with Crippen LogP contribution >= 0.6 is 15.9 Å². The van der Waals surface area contributed by atoms with Crippen LogP contribution in [0.4, 0.5) is 22.0 Å². The van der Waals surface area contributed by atoms with E-state index < -0.39 is 46.3 Å². The third kappa shape index (κ3) is 2.55. The zero-order chi connectivity index (χ0) is 15.0. The summed E-state index contributed by atoms with van der Waals surface area (Å²) >= 11 is 2.84. The lowest BCUT2D eigenvalue weighted by Crippen LogP contribution is -2.09. The second-order valence-electron chi connectivity index (χ2n) is 3.95. The summed E-state index contributed by atoms with van der Waals surface area (Å²) < 4.78 is 66.7. The molecule has 20 heavy (non-hydrogen) atoms. The number of rotatable bonds is 2. The lowest BCUT2D eigenvalue weighted by Gasteiger charge is -2.15. The van der Waals surface area contributed by atoms with Gasteiger partial charge in [0.15, 0.2) is 17.5 Å². The topological polar surface area (TPSA) is 20.2 Å². The fourth-order valence-corrected chi connectivity index (χ4v) is 2.12. The van der Waals surface area contributed by atoms with Crippen molar-refractivity contribution in [3.8, 4) is 0 Å². The van der Waals surface area contributed by atoms with Gasteiger partial charge in [-0.15, -0.1) is 0 Å². The van der Waals surface area contributed by atoms with Crippen molar-refractivity contribution in [1.82, 2.24) is 0 Å². The number of hydrogen-bond donors (Lipinski definition) is 1. The SMILES string of the molecule is OC(c1ccc(F)c(F)c1F)c1c(F)cc(Br)cc1F. The van der Waals surface area contributed by atoms with Crippen molar-refractivity contribution in [3.63, 3.8) is 0 Å². The van der Waals surface area contributed by atoms with Gasteiger partial charge in [-0.2, -0.15) is 0 Å². The summed E-state index contributed by atoms with van der Waals surface area (Å²) in [6, 6.07) is 3.00. The smallest absolute Gasteiger partial charge is 0.194 e. The highest BCUT2D eigenvalue weighted by Crippen LogP contribution is 2.31. The minimum atomic E-state index is -2.10. The molecule has 106 valence electrons. The largest absolute Gasteiger partial charge is 0.383 e. The molecular weight excluding hydrogens is 347 g/mol. The van der Waals surface area contributed by atoms with Crippen LogP contribution in [0.1, 0.15) is 17.2 Å². The fourth-order valence-electron chi connectivity index (χ4n) is 1.72. The molecule has 0 aliphatic rings. The van der Waals surface area contributed by atoms with Crippen LogP contribution in [-0.2, 0) is 0 Å². The summed E-state index contributed by atoms with van der Waals surface area (Å²) in [5, 5.41) is 9.82. The monoisotopic (exact) mass is 352 g/mol. The van der Waals surface area contributed by atoms with Crippen molar-refractivity contribution in [1.29, 1.82) is 0 Å². The van der Waals surface area contributed by atoms with Gasteiger partial charge in [-0.3, -0.25) is 0 Å². The highest BCUT2D eigenvalue weighted by Gasteiger charge is 2.25. The number of aliphatic hydroxyl groups is 1. The molecule has 1 nitrogen and oxygen atoms in total. The van der Waals surface area contributed by atoms with Gasteiger partial charge in [-0.05, 0) is 18.2 Å². The van der Waals surface area contributed by atoms with Gasteiger partial charge in [0.1, 0.15) is 17.7 Å². The predicted molar refractivity (Wildman–Crippen MR) is 64.4 cm³/mol. The summed E-state index contributed by atoms with van der Waals surface area (Å²) in [6.45, 7) is 0. The quantitative estimate of drug-likeness (QED) is 0.633. The molecule has 2 rings (SSSR count). The summed E-state index contributed by atoms with van der Waals surface area (Å²) in [4.78, 5) is 0. The second-order valence-corrected chi connectivity index (χ2v) is 4.87. The Kier molecular flexibility index (Phi) is 4.10. The van der Waals surface area contributed by atoms with Gasteiger partial charge in [-0.25, -0.2) is 22.0 Å². The summed E-state index contributed by atoms with van der Waals surface area (Å²) in [5.74, 6) is -7.27. The molecule has 1 N–H and O–H groups in total. The van der Waals surface area contributed by atoms with Crippen LogP contribution in [0.2, 0.25) is 0 Å². The van der Waals surface area contributed by atoms with Crippen molar-refractivity contribution in [2.75, 3.05) is 0 Å².